The molecule has 0 bridgehead atoms. The van der Waals surface area contributed by atoms with Crippen LogP contribution < -0.4 is 0 Å². The molecule has 1 fully saturated rings. The van der Waals surface area contributed by atoms with E-state index in [4.69, 9.17) is 15.8 Å². The van der Waals surface area contributed by atoms with Crippen molar-refractivity contribution >= 4 is 18.7 Å². The van der Waals surface area contributed by atoms with E-state index in [2.05, 4.69) is 0 Å². The third-order valence-electron chi connectivity index (χ3n) is 0.498. The summed E-state index contributed by atoms with van der Waals surface area (Å²) in [7, 11) is -0.445. The molecule has 3 heteroatoms. The summed E-state index contributed by atoms with van der Waals surface area (Å²) in [4.78, 5) is 0. The zero-order valence-corrected chi connectivity index (χ0v) is 4.30. The fourth-order valence-corrected chi connectivity index (χ4v) is 0.895. The first-order chi connectivity index (χ1) is 2.39. The van der Waals surface area contributed by atoms with Crippen LogP contribution in [0.15, 0.2) is 0 Å². The Kier molecular flexibility index (Phi) is 1.10. The molecule has 1 unspecified atom stereocenters. The lowest BCUT2D eigenvalue weighted by atomic mass is 10.9. The van der Waals surface area contributed by atoms with Crippen LogP contribution in [0.1, 0.15) is 0 Å². The van der Waals surface area contributed by atoms with Gasteiger partial charge in [0.15, 0.2) is 0 Å². The molecule has 0 aromatic heterocycles. The topological polar surface area (TPSA) is 9.23 Å². The second kappa shape index (κ2) is 1.42. The Labute approximate surface area is 36.9 Å². The lowest BCUT2D eigenvalue weighted by Gasteiger charge is -2.17. The SMILES string of the molecule is ClP1CCO1. The molecule has 1 saturated heterocycles. The molecule has 0 aromatic carbocycles. The largest absolute Gasteiger partial charge is 0.343 e. The Balaban J connectivity index is 2.08. The minimum absolute atomic E-state index is 0.445. The van der Waals surface area contributed by atoms with E-state index in [-0.39, 0.29) is 0 Å². The van der Waals surface area contributed by atoms with Gasteiger partial charge in [-0.2, -0.15) is 0 Å². The first-order valence-electron chi connectivity index (χ1n) is 1.46. The van der Waals surface area contributed by atoms with Crippen LogP contribution in [-0.2, 0) is 4.52 Å². The maximum absolute atomic E-state index is 5.39. The normalized spacial score (nSPS) is 36.6. The van der Waals surface area contributed by atoms with Gasteiger partial charge in [-0.3, -0.25) is 0 Å². The van der Waals surface area contributed by atoms with Crippen molar-refractivity contribution in [2.45, 2.75) is 0 Å². The van der Waals surface area contributed by atoms with E-state index in [1.165, 1.54) is 0 Å². The molecule has 1 rings (SSSR count). The van der Waals surface area contributed by atoms with Gasteiger partial charge in [-0.1, -0.05) is 11.2 Å². The predicted molar refractivity (Wildman–Crippen MR) is 23.6 cm³/mol. The Morgan fingerprint density at radius 3 is 2.20 bits per heavy atom. The second-order valence-corrected chi connectivity index (χ2v) is 3.35. The second-order valence-electron chi connectivity index (χ2n) is 0.874. The molecule has 1 atom stereocenters. The smallest absolute Gasteiger partial charge is 0.126 e. The van der Waals surface area contributed by atoms with Gasteiger partial charge in [-0.05, 0) is 0 Å². The van der Waals surface area contributed by atoms with Crippen molar-refractivity contribution in [3.05, 3.63) is 0 Å². The van der Waals surface area contributed by atoms with E-state index < -0.39 is 7.50 Å². The molecule has 0 spiro atoms. The third kappa shape index (κ3) is 0.753. The van der Waals surface area contributed by atoms with Crippen LogP contribution in [0.4, 0.5) is 0 Å². The van der Waals surface area contributed by atoms with Gasteiger partial charge in [0.25, 0.3) is 0 Å². The summed E-state index contributed by atoms with van der Waals surface area (Å²) in [5, 5.41) is 0. The van der Waals surface area contributed by atoms with Crippen LogP contribution in [0.5, 0.6) is 0 Å². The predicted octanol–water partition coefficient (Wildman–Crippen LogP) is 1.57. The van der Waals surface area contributed by atoms with E-state index in [0.717, 1.165) is 12.8 Å². The highest BCUT2D eigenvalue weighted by Gasteiger charge is 2.13. The van der Waals surface area contributed by atoms with Crippen molar-refractivity contribution < 1.29 is 4.52 Å². The van der Waals surface area contributed by atoms with E-state index in [9.17, 15) is 0 Å². The van der Waals surface area contributed by atoms with E-state index in [0.29, 0.717) is 0 Å². The van der Waals surface area contributed by atoms with Crippen molar-refractivity contribution in [2.75, 3.05) is 12.8 Å². The highest BCUT2D eigenvalue weighted by molar-refractivity contribution is 7.81. The summed E-state index contributed by atoms with van der Waals surface area (Å²) >= 11 is 5.39. The molecule has 0 aromatic rings. The maximum atomic E-state index is 5.39. The monoisotopic (exact) mass is 110 g/mol. The number of halogens is 1. The number of rotatable bonds is 0. The summed E-state index contributed by atoms with van der Waals surface area (Å²) < 4.78 is 4.76. The third-order valence-corrected chi connectivity index (χ3v) is 2.30. The van der Waals surface area contributed by atoms with Gasteiger partial charge >= 0.3 is 0 Å². The van der Waals surface area contributed by atoms with Gasteiger partial charge in [-0.25, -0.2) is 0 Å². The minimum atomic E-state index is -0.445. The molecule has 1 aliphatic rings. The zero-order valence-electron chi connectivity index (χ0n) is 2.65. The van der Waals surface area contributed by atoms with Gasteiger partial charge in [0.2, 0.25) is 0 Å². The summed E-state index contributed by atoms with van der Waals surface area (Å²) in [5.74, 6) is 0. The van der Waals surface area contributed by atoms with Gasteiger partial charge in [0, 0.05) is 6.16 Å². The summed E-state index contributed by atoms with van der Waals surface area (Å²) in [6, 6.07) is 0. The Morgan fingerprint density at radius 2 is 2.20 bits per heavy atom. The summed E-state index contributed by atoms with van der Waals surface area (Å²) in [5.41, 5.74) is 0. The van der Waals surface area contributed by atoms with E-state index >= 15 is 0 Å². The van der Waals surface area contributed by atoms with Crippen LogP contribution in [0.2, 0.25) is 0 Å². The average molecular weight is 110 g/mol. The Morgan fingerprint density at radius 1 is 1.80 bits per heavy atom. The fraction of sp³-hybridized carbons (Fsp3) is 1.00. The van der Waals surface area contributed by atoms with Crippen LogP contribution >= 0.6 is 18.7 Å². The Bertz CT molecular complexity index is 36.6. The molecule has 0 saturated carbocycles. The van der Waals surface area contributed by atoms with Crippen molar-refractivity contribution in [3.63, 3.8) is 0 Å². The quantitative estimate of drug-likeness (QED) is 0.430. The number of hydrogen-bond donors (Lipinski definition) is 0. The van der Waals surface area contributed by atoms with Crippen LogP contribution in [0, 0.1) is 0 Å². The molecule has 0 amide bonds. The molecule has 0 N–H and O–H groups in total. The molecule has 0 aliphatic carbocycles. The van der Waals surface area contributed by atoms with Crippen molar-refractivity contribution in [2.24, 2.45) is 0 Å². The fourth-order valence-electron chi connectivity index (χ4n) is 0.160. The lowest BCUT2D eigenvalue weighted by Crippen LogP contribution is -2.03. The van der Waals surface area contributed by atoms with Gasteiger partial charge in [-0.15, -0.1) is 0 Å². The van der Waals surface area contributed by atoms with Crippen LogP contribution in [0.25, 0.3) is 0 Å². The van der Waals surface area contributed by atoms with E-state index in [1.54, 1.807) is 0 Å². The van der Waals surface area contributed by atoms with Crippen molar-refractivity contribution in [3.8, 4) is 0 Å². The average Bonchev–Trinajstić information content (AvgIpc) is 1.30. The van der Waals surface area contributed by atoms with Crippen LogP contribution in [-0.4, -0.2) is 12.8 Å². The molecule has 1 nitrogen and oxygen atoms in total. The molecular weight excluding hydrogens is 106 g/mol. The van der Waals surface area contributed by atoms with Crippen molar-refractivity contribution in [1.29, 1.82) is 0 Å². The van der Waals surface area contributed by atoms with Crippen LogP contribution in [0.3, 0.4) is 0 Å². The first kappa shape index (κ1) is 3.86. The van der Waals surface area contributed by atoms with Gasteiger partial charge in [0.05, 0.1) is 6.61 Å². The first-order valence-corrected chi connectivity index (χ1v) is 3.81. The minimum Gasteiger partial charge on any atom is -0.343 e. The summed E-state index contributed by atoms with van der Waals surface area (Å²) in [6.07, 6.45) is 1.09. The number of hydrogen-bond acceptors (Lipinski definition) is 1. The van der Waals surface area contributed by atoms with Gasteiger partial charge in [0.1, 0.15) is 7.50 Å². The molecule has 5 heavy (non-hydrogen) atoms. The lowest BCUT2D eigenvalue weighted by molar-refractivity contribution is 0.339. The van der Waals surface area contributed by atoms with E-state index in [1.807, 2.05) is 0 Å². The molecule has 1 heterocycles. The molecule has 1 aliphatic heterocycles. The highest BCUT2D eigenvalue weighted by Crippen LogP contribution is 2.49. The standard InChI is InChI=1S/C2H4ClOP/c3-5-2-1-4-5/h1-2H2. The zero-order chi connectivity index (χ0) is 3.70. The maximum Gasteiger partial charge on any atom is 0.126 e. The molecule has 0 radical (unpaired) electrons. The van der Waals surface area contributed by atoms with Gasteiger partial charge < -0.3 is 4.52 Å². The summed E-state index contributed by atoms with van der Waals surface area (Å²) in [6.45, 7) is 0.884. The molecule has 30 valence electrons. The molecular formula is C2H4ClOP. The van der Waals surface area contributed by atoms with Crippen molar-refractivity contribution in [1.82, 2.24) is 0 Å². The Hall–Kier alpha value is 0.680. The highest BCUT2D eigenvalue weighted by atomic mass is 35.7.